The lowest BCUT2D eigenvalue weighted by Crippen LogP contribution is -2.15. The van der Waals surface area contributed by atoms with Gasteiger partial charge in [-0.1, -0.05) is 0 Å². The van der Waals surface area contributed by atoms with Crippen molar-refractivity contribution < 1.29 is 5.11 Å². The van der Waals surface area contributed by atoms with Crippen molar-refractivity contribution in [1.82, 2.24) is 4.98 Å². The number of aliphatic hydroxyl groups is 1. The largest absolute Gasteiger partial charge is 0.394 e. The average molecular weight is 179 g/mol. The predicted molar refractivity (Wildman–Crippen MR) is 49.0 cm³/mol. The van der Waals surface area contributed by atoms with Gasteiger partial charge in [0.05, 0.1) is 12.6 Å². The average Bonchev–Trinajstić information content (AvgIpc) is 2.43. The highest BCUT2D eigenvalue weighted by atomic mass is 16.3. The SMILES string of the molecule is Cc1c(C#N)[nH]c([C@H](N)CO)c1C. The molecule has 1 aromatic heterocycles. The summed E-state index contributed by atoms with van der Waals surface area (Å²) >= 11 is 0. The third-order valence-corrected chi connectivity index (χ3v) is 2.28. The third-order valence-electron chi connectivity index (χ3n) is 2.28. The summed E-state index contributed by atoms with van der Waals surface area (Å²) in [6, 6.07) is 1.61. The molecule has 70 valence electrons. The smallest absolute Gasteiger partial charge is 0.121 e. The number of nitrogens with zero attached hydrogens (tertiary/aromatic N) is 1. The van der Waals surface area contributed by atoms with Gasteiger partial charge in [-0.2, -0.15) is 5.26 Å². The molecule has 0 bridgehead atoms. The molecule has 1 heterocycles. The Morgan fingerprint density at radius 3 is 2.54 bits per heavy atom. The van der Waals surface area contributed by atoms with E-state index in [9.17, 15) is 0 Å². The van der Waals surface area contributed by atoms with Gasteiger partial charge in [-0.15, -0.1) is 0 Å². The molecule has 1 aromatic rings. The number of nitriles is 1. The van der Waals surface area contributed by atoms with E-state index in [1.54, 1.807) is 0 Å². The van der Waals surface area contributed by atoms with Crippen LogP contribution < -0.4 is 5.73 Å². The summed E-state index contributed by atoms with van der Waals surface area (Å²) in [5, 5.41) is 17.6. The van der Waals surface area contributed by atoms with Gasteiger partial charge in [-0.3, -0.25) is 0 Å². The fraction of sp³-hybridized carbons (Fsp3) is 0.444. The van der Waals surface area contributed by atoms with Crippen molar-refractivity contribution in [3.05, 3.63) is 22.5 Å². The Morgan fingerprint density at radius 1 is 1.54 bits per heavy atom. The summed E-state index contributed by atoms with van der Waals surface area (Å²) in [4.78, 5) is 2.90. The van der Waals surface area contributed by atoms with Crippen LogP contribution in [0.3, 0.4) is 0 Å². The lowest BCUT2D eigenvalue weighted by molar-refractivity contribution is 0.266. The van der Waals surface area contributed by atoms with Crippen LogP contribution in [0.2, 0.25) is 0 Å². The number of aliphatic hydroxyl groups excluding tert-OH is 1. The Labute approximate surface area is 77.0 Å². The van der Waals surface area contributed by atoms with Gasteiger partial charge in [0.15, 0.2) is 0 Å². The van der Waals surface area contributed by atoms with Gasteiger partial charge >= 0.3 is 0 Å². The van der Waals surface area contributed by atoms with Gasteiger partial charge in [-0.05, 0) is 25.0 Å². The molecule has 0 saturated heterocycles. The first-order valence-corrected chi connectivity index (χ1v) is 4.07. The van der Waals surface area contributed by atoms with E-state index in [2.05, 4.69) is 4.98 Å². The summed E-state index contributed by atoms with van der Waals surface area (Å²) in [6.45, 7) is 3.63. The van der Waals surface area contributed by atoms with Crippen LogP contribution in [0.15, 0.2) is 0 Å². The molecule has 0 spiro atoms. The quantitative estimate of drug-likeness (QED) is 0.617. The molecule has 0 aliphatic rings. The van der Waals surface area contributed by atoms with E-state index < -0.39 is 6.04 Å². The zero-order valence-electron chi connectivity index (χ0n) is 7.76. The summed E-state index contributed by atoms with van der Waals surface area (Å²) in [7, 11) is 0. The van der Waals surface area contributed by atoms with Gasteiger partial charge in [0.1, 0.15) is 11.8 Å². The van der Waals surface area contributed by atoms with Crippen LogP contribution in [0.4, 0.5) is 0 Å². The monoisotopic (exact) mass is 179 g/mol. The van der Waals surface area contributed by atoms with E-state index in [1.807, 2.05) is 19.9 Å². The van der Waals surface area contributed by atoms with Crippen LogP contribution >= 0.6 is 0 Å². The summed E-state index contributed by atoms with van der Waals surface area (Å²) < 4.78 is 0. The van der Waals surface area contributed by atoms with E-state index in [0.29, 0.717) is 5.69 Å². The Morgan fingerprint density at radius 2 is 2.15 bits per heavy atom. The number of aromatic amines is 1. The van der Waals surface area contributed by atoms with Gasteiger partial charge < -0.3 is 15.8 Å². The third kappa shape index (κ3) is 1.57. The number of rotatable bonds is 2. The molecule has 1 rings (SSSR count). The molecule has 0 aromatic carbocycles. The highest BCUT2D eigenvalue weighted by Crippen LogP contribution is 2.20. The minimum absolute atomic E-state index is 0.119. The fourth-order valence-electron chi connectivity index (χ4n) is 1.29. The first kappa shape index (κ1) is 9.78. The van der Waals surface area contributed by atoms with Crippen LogP contribution in [-0.2, 0) is 0 Å². The minimum Gasteiger partial charge on any atom is -0.394 e. The van der Waals surface area contributed by atoms with Crippen LogP contribution in [0.5, 0.6) is 0 Å². The molecule has 4 heteroatoms. The van der Waals surface area contributed by atoms with E-state index in [1.165, 1.54) is 0 Å². The standard InChI is InChI=1S/C9H13N3O/c1-5-6(2)9(7(11)4-13)12-8(5)3-10/h7,12-13H,4,11H2,1-2H3/t7-/m1/s1. The molecule has 4 nitrogen and oxygen atoms in total. The maximum atomic E-state index is 8.86. The molecule has 0 aliphatic heterocycles. The maximum absolute atomic E-state index is 8.86. The Hall–Kier alpha value is -1.31. The van der Waals surface area contributed by atoms with Gasteiger partial charge in [0.2, 0.25) is 0 Å². The van der Waals surface area contributed by atoms with Crippen molar-refractivity contribution in [2.45, 2.75) is 19.9 Å². The molecule has 0 unspecified atom stereocenters. The van der Waals surface area contributed by atoms with Crippen LogP contribution in [0, 0.1) is 25.2 Å². The van der Waals surface area contributed by atoms with Gasteiger partial charge in [0, 0.05) is 5.69 Å². The second-order valence-electron chi connectivity index (χ2n) is 3.06. The first-order chi connectivity index (χ1) is 6.11. The Balaban J connectivity index is 3.18. The van der Waals surface area contributed by atoms with Crippen molar-refractivity contribution in [2.24, 2.45) is 5.73 Å². The summed E-state index contributed by atoms with van der Waals surface area (Å²) in [6.07, 6.45) is 0. The molecule has 0 amide bonds. The summed E-state index contributed by atoms with van der Waals surface area (Å²) in [5.74, 6) is 0. The van der Waals surface area contributed by atoms with Gasteiger partial charge in [-0.25, -0.2) is 0 Å². The van der Waals surface area contributed by atoms with Crippen molar-refractivity contribution in [3.8, 4) is 6.07 Å². The fourth-order valence-corrected chi connectivity index (χ4v) is 1.29. The van der Waals surface area contributed by atoms with Gasteiger partial charge in [0.25, 0.3) is 0 Å². The van der Waals surface area contributed by atoms with E-state index in [0.717, 1.165) is 16.8 Å². The van der Waals surface area contributed by atoms with Crippen molar-refractivity contribution >= 4 is 0 Å². The lowest BCUT2D eigenvalue weighted by Gasteiger charge is -2.06. The Kier molecular flexibility index (Phi) is 2.71. The molecule has 13 heavy (non-hydrogen) atoms. The van der Waals surface area contributed by atoms with E-state index >= 15 is 0 Å². The second kappa shape index (κ2) is 3.60. The molecule has 0 fully saturated rings. The van der Waals surface area contributed by atoms with E-state index in [-0.39, 0.29) is 6.61 Å². The van der Waals surface area contributed by atoms with E-state index in [4.69, 9.17) is 16.1 Å². The zero-order chi connectivity index (χ0) is 10.0. The lowest BCUT2D eigenvalue weighted by atomic mass is 10.1. The van der Waals surface area contributed by atoms with Crippen molar-refractivity contribution in [1.29, 1.82) is 5.26 Å². The molecule has 0 saturated carbocycles. The first-order valence-electron chi connectivity index (χ1n) is 4.07. The molecule has 1 atom stereocenters. The number of nitrogens with one attached hydrogen (secondary N) is 1. The molecule has 4 N–H and O–H groups in total. The highest BCUT2D eigenvalue weighted by molar-refractivity contribution is 5.42. The minimum atomic E-state index is -0.430. The molecular formula is C9H13N3O. The van der Waals surface area contributed by atoms with Crippen LogP contribution in [-0.4, -0.2) is 16.7 Å². The number of H-pyrrole nitrogens is 1. The molecule has 0 aliphatic carbocycles. The number of nitrogens with two attached hydrogens (primary N) is 1. The van der Waals surface area contributed by atoms with Crippen molar-refractivity contribution in [3.63, 3.8) is 0 Å². The topological polar surface area (TPSA) is 85.8 Å². The highest BCUT2D eigenvalue weighted by Gasteiger charge is 2.14. The number of hydrogen-bond donors (Lipinski definition) is 3. The maximum Gasteiger partial charge on any atom is 0.121 e. The normalized spacial score (nSPS) is 12.5. The molecular weight excluding hydrogens is 166 g/mol. The zero-order valence-corrected chi connectivity index (χ0v) is 7.76. The van der Waals surface area contributed by atoms with Crippen LogP contribution in [0.25, 0.3) is 0 Å². The number of hydrogen-bond acceptors (Lipinski definition) is 3. The second-order valence-corrected chi connectivity index (χ2v) is 3.06. The summed E-state index contributed by atoms with van der Waals surface area (Å²) in [5.41, 5.74) is 8.77. The Bertz CT molecular complexity index is 348. The van der Waals surface area contributed by atoms with Crippen molar-refractivity contribution in [2.75, 3.05) is 6.61 Å². The van der Waals surface area contributed by atoms with Crippen LogP contribution in [0.1, 0.15) is 28.6 Å². The predicted octanol–water partition coefficient (Wildman–Crippen LogP) is 0.495. The number of aromatic nitrogens is 1. The molecule has 0 radical (unpaired) electrons.